The molecular weight excluding hydrogens is 273 g/mol. The standard InChI is InChI=1S/C15H24FN3S/c1-3-9-17-15-14(16)11(2)18-13(19-15)10-20-12-7-5-4-6-8-12/h12H,3-10H2,1-2H3,(H,17,18,19). The molecular formula is C15H24FN3S. The summed E-state index contributed by atoms with van der Waals surface area (Å²) in [5.41, 5.74) is 0.442. The number of hydrogen-bond donors (Lipinski definition) is 1. The molecule has 2 rings (SSSR count). The van der Waals surface area contributed by atoms with Crippen LogP contribution in [-0.2, 0) is 5.75 Å². The SMILES string of the molecule is CCCNc1nc(CSC2CCCCC2)nc(C)c1F. The van der Waals surface area contributed by atoms with E-state index >= 15 is 0 Å². The Balaban J connectivity index is 1.97. The van der Waals surface area contributed by atoms with E-state index in [0.717, 1.165) is 29.8 Å². The van der Waals surface area contributed by atoms with Crippen LogP contribution in [-0.4, -0.2) is 21.8 Å². The zero-order valence-corrected chi connectivity index (χ0v) is 13.2. The summed E-state index contributed by atoms with van der Waals surface area (Å²) in [6.45, 7) is 4.50. The highest BCUT2D eigenvalue weighted by Crippen LogP contribution is 2.30. The van der Waals surface area contributed by atoms with Gasteiger partial charge < -0.3 is 5.32 Å². The van der Waals surface area contributed by atoms with Gasteiger partial charge in [0.05, 0.1) is 11.4 Å². The molecule has 0 saturated heterocycles. The third-order valence-electron chi connectivity index (χ3n) is 3.61. The summed E-state index contributed by atoms with van der Waals surface area (Å²) >= 11 is 1.92. The van der Waals surface area contributed by atoms with Gasteiger partial charge in [0.2, 0.25) is 0 Å². The van der Waals surface area contributed by atoms with Crippen LogP contribution in [0.5, 0.6) is 0 Å². The topological polar surface area (TPSA) is 37.8 Å². The molecule has 1 aliphatic rings. The molecule has 0 aromatic carbocycles. The largest absolute Gasteiger partial charge is 0.368 e. The van der Waals surface area contributed by atoms with Crippen molar-refractivity contribution in [3.8, 4) is 0 Å². The van der Waals surface area contributed by atoms with E-state index < -0.39 is 0 Å². The van der Waals surface area contributed by atoms with E-state index in [-0.39, 0.29) is 5.82 Å². The first-order chi connectivity index (χ1) is 9.70. The minimum absolute atomic E-state index is 0.315. The average molecular weight is 297 g/mol. The van der Waals surface area contributed by atoms with Gasteiger partial charge in [-0.05, 0) is 26.2 Å². The van der Waals surface area contributed by atoms with Gasteiger partial charge in [-0.25, -0.2) is 14.4 Å². The lowest BCUT2D eigenvalue weighted by Gasteiger charge is -2.20. The van der Waals surface area contributed by atoms with Gasteiger partial charge in [-0.3, -0.25) is 0 Å². The van der Waals surface area contributed by atoms with Crippen molar-refractivity contribution in [2.24, 2.45) is 0 Å². The summed E-state index contributed by atoms with van der Waals surface area (Å²) in [4.78, 5) is 8.62. The minimum Gasteiger partial charge on any atom is -0.368 e. The highest BCUT2D eigenvalue weighted by molar-refractivity contribution is 7.99. The fourth-order valence-corrected chi connectivity index (χ4v) is 3.65. The second-order valence-corrected chi connectivity index (χ2v) is 6.67. The lowest BCUT2D eigenvalue weighted by Crippen LogP contribution is -2.11. The Bertz CT molecular complexity index is 433. The monoisotopic (exact) mass is 297 g/mol. The maximum Gasteiger partial charge on any atom is 0.186 e. The van der Waals surface area contributed by atoms with E-state index in [1.54, 1.807) is 6.92 Å². The van der Waals surface area contributed by atoms with Crippen molar-refractivity contribution < 1.29 is 4.39 Å². The molecule has 112 valence electrons. The second kappa shape index (κ2) is 7.81. The fourth-order valence-electron chi connectivity index (χ4n) is 2.47. The number of rotatable bonds is 6. The van der Waals surface area contributed by atoms with Crippen molar-refractivity contribution in [2.75, 3.05) is 11.9 Å². The zero-order valence-electron chi connectivity index (χ0n) is 12.4. The molecule has 0 unspecified atom stereocenters. The Morgan fingerprint density at radius 2 is 2.00 bits per heavy atom. The molecule has 1 aromatic heterocycles. The van der Waals surface area contributed by atoms with Crippen LogP contribution < -0.4 is 5.32 Å². The number of thioether (sulfide) groups is 1. The second-order valence-electron chi connectivity index (χ2n) is 5.39. The maximum atomic E-state index is 13.9. The summed E-state index contributed by atoms with van der Waals surface area (Å²) in [6.07, 6.45) is 7.59. The van der Waals surface area contributed by atoms with Crippen molar-refractivity contribution in [3.05, 3.63) is 17.3 Å². The molecule has 0 radical (unpaired) electrons. The van der Waals surface area contributed by atoms with Crippen LogP contribution in [0.25, 0.3) is 0 Å². The molecule has 5 heteroatoms. The predicted octanol–water partition coefficient (Wildman–Crippen LogP) is 4.31. The first kappa shape index (κ1) is 15.5. The van der Waals surface area contributed by atoms with Gasteiger partial charge in [-0.1, -0.05) is 26.2 Å². The van der Waals surface area contributed by atoms with Gasteiger partial charge in [0.15, 0.2) is 11.6 Å². The number of nitrogens with one attached hydrogen (secondary N) is 1. The number of aryl methyl sites for hydroxylation is 1. The van der Waals surface area contributed by atoms with Crippen LogP contribution in [0.2, 0.25) is 0 Å². The van der Waals surface area contributed by atoms with Crippen molar-refractivity contribution in [3.63, 3.8) is 0 Å². The fraction of sp³-hybridized carbons (Fsp3) is 0.733. The van der Waals surface area contributed by atoms with Gasteiger partial charge in [0, 0.05) is 11.8 Å². The number of hydrogen-bond acceptors (Lipinski definition) is 4. The molecule has 0 atom stereocenters. The summed E-state index contributed by atoms with van der Waals surface area (Å²) in [5, 5.41) is 3.77. The quantitative estimate of drug-likeness (QED) is 0.849. The molecule has 1 heterocycles. The highest BCUT2D eigenvalue weighted by atomic mass is 32.2. The van der Waals surface area contributed by atoms with Crippen molar-refractivity contribution >= 4 is 17.6 Å². The molecule has 1 aliphatic carbocycles. The molecule has 0 bridgehead atoms. The molecule has 1 fully saturated rings. The van der Waals surface area contributed by atoms with E-state index in [1.807, 2.05) is 11.8 Å². The summed E-state index contributed by atoms with van der Waals surface area (Å²) in [6, 6.07) is 0. The van der Waals surface area contributed by atoms with Crippen molar-refractivity contribution in [1.82, 2.24) is 9.97 Å². The average Bonchev–Trinajstić information content (AvgIpc) is 2.48. The van der Waals surface area contributed by atoms with Gasteiger partial charge in [-0.2, -0.15) is 11.8 Å². The molecule has 1 aromatic rings. The van der Waals surface area contributed by atoms with Crippen LogP contribution >= 0.6 is 11.8 Å². The van der Waals surface area contributed by atoms with E-state index in [0.29, 0.717) is 11.5 Å². The summed E-state index contributed by atoms with van der Waals surface area (Å²) in [7, 11) is 0. The molecule has 1 saturated carbocycles. The Morgan fingerprint density at radius 3 is 2.70 bits per heavy atom. The molecule has 0 aliphatic heterocycles. The Labute approximate surface area is 125 Å². The van der Waals surface area contributed by atoms with Crippen LogP contribution in [0.1, 0.15) is 57.0 Å². The first-order valence-corrected chi connectivity index (χ1v) is 8.64. The van der Waals surface area contributed by atoms with Crippen molar-refractivity contribution in [2.45, 2.75) is 63.4 Å². The van der Waals surface area contributed by atoms with E-state index in [1.165, 1.54) is 32.1 Å². The Kier molecular flexibility index (Phi) is 6.07. The molecule has 1 N–H and O–H groups in total. The van der Waals surface area contributed by atoms with Gasteiger partial charge in [-0.15, -0.1) is 0 Å². The number of nitrogens with zero attached hydrogens (tertiary/aromatic N) is 2. The smallest absolute Gasteiger partial charge is 0.186 e. The van der Waals surface area contributed by atoms with Gasteiger partial charge in [0.1, 0.15) is 5.82 Å². The molecule has 20 heavy (non-hydrogen) atoms. The molecule has 3 nitrogen and oxygen atoms in total. The molecule has 0 spiro atoms. The highest BCUT2D eigenvalue weighted by Gasteiger charge is 2.16. The van der Waals surface area contributed by atoms with E-state index in [4.69, 9.17) is 0 Å². The predicted molar refractivity (Wildman–Crippen MR) is 83.7 cm³/mol. The maximum absolute atomic E-state index is 13.9. The third kappa shape index (κ3) is 4.33. The van der Waals surface area contributed by atoms with Gasteiger partial charge in [0.25, 0.3) is 0 Å². The van der Waals surface area contributed by atoms with Crippen LogP contribution in [0.3, 0.4) is 0 Å². The molecule has 0 amide bonds. The number of aromatic nitrogens is 2. The van der Waals surface area contributed by atoms with E-state index in [9.17, 15) is 4.39 Å². The summed E-state index contributed by atoms with van der Waals surface area (Å²) < 4.78 is 13.9. The van der Waals surface area contributed by atoms with Crippen LogP contribution in [0.15, 0.2) is 0 Å². The van der Waals surface area contributed by atoms with Crippen LogP contribution in [0.4, 0.5) is 10.2 Å². The summed E-state index contributed by atoms with van der Waals surface area (Å²) in [5.74, 6) is 1.58. The van der Waals surface area contributed by atoms with E-state index in [2.05, 4.69) is 22.2 Å². The van der Waals surface area contributed by atoms with Gasteiger partial charge >= 0.3 is 0 Å². The minimum atomic E-state index is -0.315. The zero-order chi connectivity index (χ0) is 14.4. The van der Waals surface area contributed by atoms with Crippen molar-refractivity contribution in [1.29, 1.82) is 0 Å². The van der Waals surface area contributed by atoms with Crippen LogP contribution in [0, 0.1) is 12.7 Å². The third-order valence-corrected chi connectivity index (χ3v) is 4.97. The number of anilines is 1. The Morgan fingerprint density at radius 1 is 1.25 bits per heavy atom. The lowest BCUT2D eigenvalue weighted by molar-refractivity contribution is 0.516. The lowest BCUT2D eigenvalue weighted by atomic mass is 10.0. The first-order valence-electron chi connectivity index (χ1n) is 7.59. The Hall–Kier alpha value is -0.840. The number of halogens is 1. The normalized spacial score (nSPS) is 16.4.